The molecule has 1 aromatic heterocycles. The lowest BCUT2D eigenvalue weighted by Crippen LogP contribution is -2.36. The fourth-order valence-electron chi connectivity index (χ4n) is 2.73. The number of aromatic nitrogens is 1. The Hall–Kier alpha value is -2.31. The Kier molecular flexibility index (Phi) is 5.78. The molecule has 0 aromatic carbocycles. The van der Waals surface area contributed by atoms with E-state index in [9.17, 15) is 9.59 Å². The molecule has 1 aromatic rings. The summed E-state index contributed by atoms with van der Waals surface area (Å²) in [4.78, 5) is 30.6. The quantitative estimate of drug-likeness (QED) is 0.836. The van der Waals surface area contributed by atoms with Gasteiger partial charge in [0.2, 0.25) is 0 Å². The van der Waals surface area contributed by atoms with E-state index in [0.29, 0.717) is 12.4 Å². The van der Waals surface area contributed by atoms with Crippen molar-refractivity contribution in [1.29, 1.82) is 0 Å². The Morgan fingerprint density at radius 2 is 1.77 bits per heavy atom. The van der Waals surface area contributed by atoms with E-state index in [1.54, 1.807) is 37.8 Å². The van der Waals surface area contributed by atoms with Crippen molar-refractivity contribution in [2.24, 2.45) is 0 Å². The van der Waals surface area contributed by atoms with E-state index in [1.807, 2.05) is 26.8 Å². The van der Waals surface area contributed by atoms with Gasteiger partial charge in [-0.15, -0.1) is 0 Å². The zero-order valence-corrected chi connectivity index (χ0v) is 16.5. The Bertz CT molecular complexity index is 661. The highest BCUT2D eigenvalue weighted by Crippen LogP contribution is 2.32. The van der Waals surface area contributed by atoms with E-state index >= 15 is 0 Å². The monoisotopic (exact) mass is 363 g/mol. The van der Waals surface area contributed by atoms with Gasteiger partial charge < -0.3 is 9.47 Å². The third kappa shape index (κ3) is 5.89. The molecular formula is C19H29N3O4. The first kappa shape index (κ1) is 20.0. The van der Waals surface area contributed by atoms with Crippen LogP contribution in [0.5, 0.6) is 0 Å². The number of pyridine rings is 1. The number of carbonyl (C=O) groups excluding carboxylic acids is 2. The molecule has 1 saturated heterocycles. The Morgan fingerprint density at radius 1 is 1.12 bits per heavy atom. The first-order valence-corrected chi connectivity index (χ1v) is 8.91. The summed E-state index contributed by atoms with van der Waals surface area (Å²) in [5, 5.41) is 2.64. The van der Waals surface area contributed by atoms with Gasteiger partial charge in [0.05, 0.1) is 11.7 Å². The number of nitrogens with one attached hydrogen (secondary N) is 1. The molecule has 0 radical (unpaired) electrons. The molecule has 1 fully saturated rings. The van der Waals surface area contributed by atoms with Crippen LogP contribution in [0.2, 0.25) is 0 Å². The van der Waals surface area contributed by atoms with E-state index in [-0.39, 0.29) is 12.1 Å². The summed E-state index contributed by atoms with van der Waals surface area (Å²) < 4.78 is 10.7. The van der Waals surface area contributed by atoms with Crippen LogP contribution >= 0.6 is 0 Å². The molecule has 0 spiro atoms. The minimum atomic E-state index is -0.583. The van der Waals surface area contributed by atoms with Crippen molar-refractivity contribution in [1.82, 2.24) is 9.88 Å². The van der Waals surface area contributed by atoms with Gasteiger partial charge in [-0.2, -0.15) is 0 Å². The lowest BCUT2D eigenvalue weighted by molar-refractivity contribution is 0.0221. The van der Waals surface area contributed by atoms with Crippen molar-refractivity contribution >= 4 is 18.0 Å². The second-order valence-electron chi connectivity index (χ2n) is 8.41. The Labute approximate surface area is 155 Å². The van der Waals surface area contributed by atoms with Gasteiger partial charge in [0.1, 0.15) is 17.0 Å². The Balaban J connectivity index is 2.11. The average Bonchev–Trinajstić information content (AvgIpc) is 2.93. The normalized spacial score (nSPS) is 17.8. The van der Waals surface area contributed by atoms with Crippen molar-refractivity contribution in [3.05, 3.63) is 23.9 Å². The van der Waals surface area contributed by atoms with Crippen LogP contribution in [-0.4, -0.2) is 39.8 Å². The van der Waals surface area contributed by atoms with Crippen molar-refractivity contribution in [2.75, 3.05) is 11.9 Å². The molecular weight excluding hydrogens is 334 g/mol. The highest BCUT2D eigenvalue weighted by Gasteiger charge is 2.34. The Morgan fingerprint density at radius 3 is 2.38 bits per heavy atom. The number of amides is 2. The first-order valence-electron chi connectivity index (χ1n) is 8.91. The van der Waals surface area contributed by atoms with E-state index in [4.69, 9.17) is 9.47 Å². The maximum Gasteiger partial charge on any atom is 0.413 e. The molecule has 0 bridgehead atoms. The summed E-state index contributed by atoms with van der Waals surface area (Å²) in [6, 6.07) is 5.19. The zero-order chi connectivity index (χ0) is 19.5. The van der Waals surface area contributed by atoms with Gasteiger partial charge in [-0.1, -0.05) is 6.07 Å². The van der Waals surface area contributed by atoms with Gasteiger partial charge in [0, 0.05) is 6.54 Å². The lowest BCUT2D eigenvalue weighted by Gasteiger charge is -2.28. The maximum atomic E-state index is 12.5. The molecule has 0 aliphatic carbocycles. The molecule has 2 amide bonds. The van der Waals surface area contributed by atoms with Gasteiger partial charge in [-0.05, 0) is 66.5 Å². The highest BCUT2D eigenvalue weighted by atomic mass is 16.6. The van der Waals surface area contributed by atoms with Crippen LogP contribution in [0.4, 0.5) is 15.4 Å². The van der Waals surface area contributed by atoms with Crippen molar-refractivity contribution < 1.29 is 19.1 Å². The molecule has 7 heteroatoms. The molecule has 0 saturated carbocycles. The van der Waals surface area contributed by atoms with Gasteiger partial charge in [0.25, 0.3) is 0 Å². The van der Waals surface area contributed by atoms with Gasteiger partial charge in [-0.3, -0.25) is 10.2 Å². The van der Waals surface area contributed by atoms with E-state index in [1.165, 1.54) is 0 Å². The molecule has 144 valence electrons. The van der Waals surface area contributed by atoms with Crippen LogP contribution in [0.25, 0.3) is 0 Å². The van der Waals surface area contributed by atoms with Crippen molar-refractivity contribution in [3.63, 3.8) is 0 Å². The summed E-state index contributed by atoms with van der Waals surface area (Å²) in [5.74, 6) is 0.396. The number of rotatable bonds is 2. The molecule has 2 heterocycles. The van der Waals surface area contributed by atoms with Crippen molar-refractivity contribution in [3.8, 4) is 0 Å². The number of likely N-dealkylation sites (tertiary alicyclic amines) is 1. The summed E-state index contributed by atoms with van der Waals surface area (Å²) >= 11 is 0. The fraction of sp³-hybridized carbons (Fsp3) is 0.632. The average molecular weight is 363 g/mol. The molecule has 2 rings (SSSR count). The fourth-order valence-corrected chi connectivity index (χ4v) is 2.73. The van der Waals surface area contributed by atoms with Crippen molar-refractivity contribution in [2.45, 2.75) is 71.6 Å². The standard InChI is InChI=1S/C19H29N3O4/c1-18(2,3)25-16(23)21-15-11-7-9-13(20-15)14-10-8-12-22(14)17(24)26-19(4,5)6/h7,9,11,14H,8,10,12H2,1-6H3,(H,20,21,23). The molecule has 1 aliphatic heterocycles. The molecule has 7 nitrogen and oxygen atoms in total. The van der Waals surface area contributed by atoms with Crippen LogP contribution in [0, 0.1) is 0 Å². The predicted molar refractivity (Wildman–Crippen MR) is 99.0 cm³/mol. The lowest BCUT2D eigenvalue weighted by atomic mass is 10.1. The minimum Gasteiger partial charge on any atom is -0.444 e. The van der Waals surface area contributed by atoms with E-state index < -0.39 is 17.3 Å². The van der Waals surface area contributed by atoms with Gasteiger partial charge in [-0.25, -0.2) is 14.6 Å². The topological polar surface area (TPSA) is 80.8 Å². The maximum absolute atomic E-state index is 12.5. The van der Waals surface area contributed by atoms with E-state index in [0.717, 1.165) is 18.5 Å². The second-order valence-corrected chi connectivity index (χ2v) is 8.41. The molecule has 26 heavy (non-hydrogen) atoms. The number of ether oxygens (including phenoxy) is 2. The van der Waals surface area contributed by atoms with Crippen LogP contribution in [0.1, 0.15) is 66.1 Å². The smallest absolute Gasteiger partial charge is 0.413 e. The van der Waals surface area contributed by atoms with Gasteiger partial charge in [0.15, 0.2) is 0 Å². The molecule has 1 unspecified atom stereocenters. The highest BCUT2D eigenvalue weighted by molar-refractivity contribution is 5.83. The minimum absolute atomic E-state index is 0.162. The predicted octanol–water partition coefficient (Wildman–Crippen LogP) is 4.50. The number of hydrogen-bond donors (Lipinski definition) is 1. The van der Waals surface area contributed by atoms with Crippen LogP contribution in [0.3, 0.4) is 0 Å². The molecule has 1 N–H and O–H groups in total. The number of anilines is 1. The summed E-state index contributed by atoms with van der Waals surface area (Å²) in [5.41, 5.74) is -0.403. The van der Waals surface area contributed by atoms with Crippen LogP contribution in [-0.2, 0) is 9.47 Å². The zero-order valence-electron chi connectivity index (χ0n) is 16.5. The SMILES string of the molecule is CC(C)(C)OC(=O)Nc1cccc(C2CCCN2C(=O)OC(C)(C)C)n1. The first-order chi connectivity index (χ1) is 11.9. The molecule has 1 aliphatic rings. The number of hydrogen-bond acceptors (Lipinski definition) is 5. The molecule has 1 atom stereocenters. The third-order valence-electron chi connectivity index (χ3n) is 3.62. The van der Waals surface area contributed by atoms with E-state index in [2.05, 4.69) is 10.3 Å². The number of nitrogens with zero attached hydrogens (tertiary/aromatic N) is 2. The summed E-state index contributed by atoms with van der Waals surface area (Å²) in [7, 11) is 0. The number of carbonyl (C=O) groups is 2. The second kappa shape index (κ2) is 7.51. The van der Waals surface area contributed by atoms with Crippen LogP contribution < -0.4 is 5.32 Å². The largest absolute Gasteiger partial charge is 0.444 e. The summed E-state index contributed by atoms with van der Waals surface area (Å²) in [6.45, 7) is 11.6. The third-order valence-corrected chi connectivity index (χ3v) is 3.62. The van der Waals surface area contributed by atoms with Gasteiger partial charge >= 0.3 is 12.2 Å². The summed E-state index contributed by atoms with van der Waals surface area (Å²) in [6.07, 6.45) is 0.794. The van der Waals surface area contributed by atoms with Crippen LogP contribution in [0.15, 0.2) is 18.2 Å².